The van der Waals surface area contributed by atoms with Gasteiger partial charge in [-0.05, 0) is 65.5 Å². The SMILES string of the molecule is CCOC(C)(C)C#Cc1nc2ccccc2nc1C#CC(C)(C)OCC. The van der Waals surface area contributed by atoms with E-state index in [2.05, 4.69) is 33.6 Å². The van der Waals surface area contributed by atoms with Crippen molar-refractivity contribution in [3.8, 4) is 23.7 Å². The van der Waals surface area contributed by atoms with Crippen molar-refractivity contribution in [1.29, 1.82) is 0 Å². The Balaban J connectivity index is 2.54. The van der Waals surface area contributed by atoms with Crippen LogP contribution in [0, 0.1) is 23.7 Å². The molecule has 136 valence electrons. The summed E-state index contributed by atoms with van der Waals surface area (Å²) in [6.45, 7) is 12.8. The molecule has 2 rings (SSSR count). The Hall–Kier alpha value is -2.40. The quantitative estimate of drug-likeness (QED) is 0.783. The smallest absolute Gasteiger partial charge is 0.148 e. The Morgan fingerprint density at radius 2 is 1.15 bits per heavy atom. The van der Waals surface area contributed by atoms with E-state index in [-0.39, 0.29) is 0 Å². The number of hydrogen-bond acceptors (Lipinski definition) is 4. The standard InChI is InChI=1S/C22H26N2O2/c1-7-25-21(3,4)15-13-19-20(14-16-22(5,6)26-8-2)24-18-12-10-9-11-17(18)23-19/h9-12H,7-8H2,1-6H3. The highest BCUT2D eigenvalue weighted by Gasteiger charge is 2.15. The largest absolute Gasteiger partial charge is 0.363 e. The van der Waals surface area contributed by atoms with Crippen LogP contribution in [-0.4, -0.2) is 34.4 Å². The molecule has 26 heavy (non-hydrogen) atoms. The van der Waals surface area contributed by atoms with Crippen LogP contribution in [0.3, 0.4) is 0 Å². The van der Waals surface area contributed by atoms with Crippen molar-refractivity contribution >= 4 is 11.0 Å². The van der Waals surface area contributed by atoms with Crippen LogP contribution >= 0.6 is 0 Å². The second-order valence-electron chi connectivity index (χ2n) is 6.80. The van der Waals surface area contributed by atoms with Crippen molar-refractivity contribution in [3.63, 3.8) is 0 Å². The minimum atomic E-state index is -0.558. The number of para-hydroxylation sites is 2. The van der Waals surface area contributed by atoms with Gasteiger partial charge in [-0.1, -0.05) is 24.0 Å². The molecule has 1 aromatic carbocycles. The van der Waals surface area contributed by atoms with Gasteiger partial charge in [-0.2, -0.15) is 0 Å². The van der Waals surface area contributed by atoms with Crippen molar-refractivity contribution in [2.24, 2.45) is 0 Å². The lowest BCUT2D eigenvalue weighted by molar-refractivity contribution is 0.0358. The number of fused-ring (bicyclic) bond motifs is 1. The molecule has 0 aliphatic carbocycles. The molecule has 0 fully saturated rings. The normalized spacial score (nSPS) is 11.5. The first kappa shape index (κ1) is 19.9. The summed E-state index contributed by atoms with van der Waals surface area (Å²) in [7, 11) is 0. The van der Waals surface area contributed by atoms with Gasteiger partial charge in [-0.25, -0.2) is 9.97 Å². The van der Waals surface area contributed by atoms with Crippen LogP contribution in [0.25, 0.3) is 11.0 Å². The number of hydrogen-bond donors (Lipinski definition) is 0. The van der Waals surface area contributed by atoms with Crippen molar-refractivity contribution in [2.45, 2.75) is 52.7 Å². The van der Waals surface area contributed by atoms with Crippen LogP contribution in [-0.2, 0) is 9.47 Å². The molecular formula is C22H26N2O2. The van der Waals surface area contributed by atoms with Gasteiger partial charge < -0.3 is 9.47 Å². The van der Waals surface area contributed by atoms with Crippen LogP contribution in [0.1, 0.15) is 52.9 Å². The second kappa shape index (κ2) is 8.32. The fraction of sp³-hybridized carbons (Fsp3) is 0.455. The van der Waals surface area contributed by atoms with E-state index in [0.29, 0.717) is 24.6 Å². The fourth-order valence-electron chi connectivity index (χ4n) is 2.39. The first-order chi connectivity index (χ1) is 12.3. The average molecular weight is 350 g/mol. The Morgan fingerprint density at radius 1 is 0.769 bits per heavy atom. The topological polar surface area (TPSA) is 44.2 Å². The molecule has 2 aromatic rings. The van der Waals surface area contributed by atoms with E-state index in [9.17, 15) is 0 Å². The molecule has 1 heterocycles. The maximum atomic E-state index is 5.65. The zero-order valence-electron chi connectivity index (χ0n) is 16.4. The highest BCUT2D eigenvalue weighted by molar-refractivity contribution is 5.75. The minimum Gasteiger partial charge on any atom is -0.363 e. The first-order valence-corrected chi connectivity index (χ1v) is 8.87. The summed E-state index contributed by atoms with van der Waals surface area (Å²) >= 11 is 0. The molecule has 0 unspecified atom stereocenters. The molecule has 4 nitrogen and oxygen atoms in total. The van der Waals surface area contributed by atoms with E-state index in [4.69, 9.17) is 9.47 Å². The lowest BCUT2D eigenvalue weighted by Gasteiger charge is -2.17. The third kappa shape index (κ3) is 5.56. The molecule has 0 saturated heterocycles. The summed E-state index contributed by atoms with van der Waals surface area (Å²) in [5.41, 5.74) is 1.57. The molecular weight excluding hydrogens is 324 g/mol. The number of ether oxygens (including phenoxy) is 2. The van der Waals surface area contributed by atoms with Crippen LogP contribution < -0.4 is 0 Å². The molecule has 4 heteroatoms. The number of aromatic nitrogens is 2. The first-order valence-electron chi connectivity index (χ1n) is 8.87. The Labute approximate surface area is 156 Å². The fourth-order valence-corrected chi connectivity index (χ4v) is 2.39. The van der Waals surface area contributed by atoms with E-state index >= 15 is 0 Å². The lowest BCUT2D eigenvalue weighted by atomic mass is 10.1. The van der Waals surface area contributed by atoms with Gasteiger partial charge in [0.05, 0.1) is 11.0 Å². The summed E-state index contributed by atoms with van der Waals surface area (Å²) in [5.74, 6) is 12.5. The summed E-state index contributed by atoms with van der Waals surface area (Å²) in [6.07, 6.45) is 0. The minimum absolute atomic E-state index is 0.552. The molecule has 0 radical (unpaired) electrons. The summed E-state index contributed by atoms with van der Waals surface area (Å²) in [5, 5.41) is 0. The Morgan fingerprint density at radius 3 is 1.50 bits per heavy atom. The molecule has 1 aromatic heterocycles. The van der Waals surface area contributed by atoms with Gasteiger partial charge in [0.1, 0.15) is 22.6 Å². The van der Waals surface area contributed by atoms with Crippen LogP contribution in [0.15, 0.2) is 24.3 Å². The van der Waals surface area contributed by atoms with E-state index in [1.54, 1.807) is 0 Å². The summed E-state index contributed by atoms with van der Waals surface area (Å²) in [6, 6.07) is 7.70. The van der Waals surface area contributed by atoms with Gasteiger partial charge in [0.25, 0.3) is 0 Å². The number of nitrogens with zero attached hydrogens (tertiary/aromatic N) is 2. The number of rotatable bonds is 4. The monoisotopic (exact) mass is 350 g/mol. The van der Waals surface area contributed by atoms with Gasteiger partial charge in [0.2, 0.25) is 0 Å². The van der Waals surface area contributed by atoms with Crippen molar-refractivity contribution in [2.75, 3.05) is 13.2 Å². The van der Waals surface area contributed by atoms with Crippen LogP contribution in [0.5, 0.6) is 0 Å². The Bertz CT molecular complexity index is 818. The predicted octanol–water partition coefficient (Wildman–Crippen LogP) is 3.96. The maximum Gasteiger partial charge on any atom is 0.148 e. The Kier molecular flexibility index (Phi) is 6.37. The predicted molar refractivity (Wildman–Crippen MR) is 105 cm³/mol. The van der Waals surface area contributed by atoms with Gasteiger partial charge >= 0.3 is 0 Å². The highest BCUT2D eigenvalue weighted by atomic mass is 16.5. The molecule has 0 aliphatic rings. The molecule has 0 atom stereocenters. The zero-order chi connectivity index (χ0) is 19.2. The second-order valence-corrected chi connectivity index (χ2v) is 6.80. The van der Waals surface area contributed by atoms with Gasteiger partial charge in [-0.3, -0.25) is 0 Å². The van der Waals surface area contributed by atoms with Crippen molar-refractivity contribution in [3.05, 3.63) is 35.7 Å². The van der Waals surface area contributed by atoms with E-state index in [0.717, 1.165) is 11.0 Å². The van der Waals surface area contributed by atoms with Gasteiger partial charge in [0.15, 0.2) is 0 Å². The molecule has 0 saturated carbocycles. The third-order valence-electron chi connectivity index (χ3n) is 3.54. The van der Waals surface area contributed by atoms with Crippen molar-refractivity contribution < 1.29 is 9.47 Å². The molecule has 0 bridgehead atoms. The molecule has 0 N–H and O–H groups in total. The highest BCUT2D eigenvalue weighted by Crippen LogP contribution is 2.14. The van der Waals surface area contributed by atoms with Gasteiger partial charge in [0, 0.05) is 13.2 Å². The van der Waals surface area contributed by atoms with E-state index < -0.39 is 11.2 Å². The van der Waals surface area contributed by atoms with Crippen molar-refractivity contribution in [1.82, 2.24) is 9.97 Å². The molecule has 0 spiro atoms. The number of benzene rings is 1. The zero-order valence-corrected chi connectivity index (χ0v) is 16.4. The average Bonchev–Trinajstić information content (AvgIpc) is 2.58. The van der Waals surface area contributed by atoms with E-state index in [1.165, 1.54) is 0 Å². The third-order valence-corrected chi connectivity index (χ3v) is 3.54. The van der Waals surface area contributed by atoms with E-state index in [1.807, 2.05) is 65.8 Å². The maximum absolute atomic E-state index is 5.65. The summed E-state index contributed by atoms with van der Waals surface area (Å²) < 4.78 is 11.3. The lowest BCUT2D eigenvalue weighted by Crippen LogP contribution is -2.22. The summed E-state index contributed by atoms with van der Waals surface area (Å²) in [4.78, 5) is 9.30. The van der Waals surface area contributed by atoms with Crippen LogP contribution in [0.2, 0.25) is 0 Å². The van der Waals surface area contributed by atoms with Crippen LogP contribution in [0.4, 0.5) is 0 Å². The van der Waals surface area contributed by atoms with Gasteiger partial charge in [-0.15, -0.1) is 0 Å². The molecule has 0 amide bonds. The molecule has 0 aliphatic heterocycles.